The first-order valence-corrected chi connectivity index (χ1v) is 8.54. The Morgan fingerprint density at radius 1 is 0.810 bits per heavy atom. The quantitative estimate of drug-likeness (QED) is 0.431. The van der Waals surface area contributed by atoms with Gasteiger partial charge in [-0.25, -0.2) is 0 Å². The molecule has 1 aromatic carbocycles. The normalized spacial score (nSPS) is 10.2. The molecule has 0 unspecified atom stereocenters. The fourth-order valence-electron chi connectivity index (χ4n) is 2.87. The van der Waals surface area contributed by atoms with Gasteiger partial charge in [0, 0.05) is 23.9 Å². The van der Waals surface area contributed by atoms with Crippen LogP contribution in [0.4, 0.5) is 0 Å². The van der Waals surface area contributed by atoms with Gasteiger partial charge in [0.1, 0.15) is 0 Å². The van der Waals surface area contributed by atoms with Gasteiger partial charge in [0.2, 0.25) is 0 Å². The van der Waals surface area contributed by atoms with E-state index in [9.17, 15) is 0 Å². The summed E-state index contributed by atoms with van der Waals surface area (Å²) < 4.78 is 0. The molecule has 0 heterocycles. The molecule has 0 saturated carbocycles. The third kappa shape index (κ3) is 6.59. The van der Waals surface area contributed by atoms with Crippen molar-refractivity contribution < 1.29 is 0 Å². The van der Waals surface area contributed by atoms with Gasteiger partial charge in [0.05, 0.1) is 0 Å². The minimum Gasteiger partial charge on any atom is -0.0985 e. The summed E-state index contributed by atoms with van der Waals surface area (Å²) in [6, 6.07) is 4.64. The third-order valence-electron chi connectivity index (χ3n) is 4.14. The molecule has 21 heavy (non-hydrogen) atoms. The van der Waals surface area contributed by atoms with Crippen LogP contribution in [0.1, 0.15) is 81.5 Å². The van der Waals surface area contributed by atoms with Gasteiger partial charge >= 0.3 is 0 Å². The van der Waals surface area contributed by atoms with Gasteiger partial charge in [-0.15, -0.1) is 0 Å². The molecule has 0 atom stereocenters. The summed E-state index contributed by atoms with van der Waals surface area (Å²) in [5.74, 6) is 0. The first kappa shape index (κ1) is 20.8. The van der Waals surface area contributed by atoms with E-state index in [2.05, 4.69) is 39.5 Å². The SMILES string of the molecule is C=Cc1ccc(CCCC)c(CCCC)c1CCCC.[Sn]. The third-order valence-corrected chi connectivity index (χ3v) is 4.14. The van der Waals surface area contributed by atoms with Crippen LogP contribution in [0.15, 0.2) is 18.7 Å². The van der Waals surface area contributed by atoms with E-state index in [1.54, 1.807) is 16.7 Å². The van der Waals surface area contributed by atoms with E-state index in [-0.39, 0.29) is 23.9 Å². The molecular weight excluding hydrogens is 359 g/mol. The molecule has 1 aromatic rings. The number of hydrogen-bond donors (Lipinski definition) is 0. The van der Waals surface area contributed by atoms with Crippen LogP contribution in [0.3, 0.4) is 0 Å². The minimum atomic E-state index is 0. The van der Waals surface area contributed by atoms with Crippen LogP contribution in [0.2, 0.25) is 0 Å². The first-order chi connectivity index (χ1) is 9.78. The minimum absolute atomic E-state index is 0. The molecule has 0 aliphatic carbocycles. The van der Waals surface area contributed by atoms with E-state index in [4.69, 9.17) is 0 Å². The maximum absolute atomic E-state index is 4.01. The van der Waals surface area contributed by atoms with Crippen molar-refractivity contribution in [2.45, 2.75) is 78.6 Å². The molecule has 116 valence electrons. The molecule has 0 bridgehead atoms. The predicted molar refractivity (Wildman–Crippen MR) is 98.1 cm³/mol. The molecule has 0 amide bonds. The molecule has 0 fully saturated rings. The van der Waals surface area contributed by atoms with Crippen molar-refractivity contribution in [2.75, 3.05) is 0 Å². The Morgan fingerprint density at radius 2 is 1.33 bits per heavy atom. The van der Waals surface area contributed by atoms with Crippen molar-refractivity contribution >= 4 is 30.0 Å². The molecule has 0 saturated heterocycles. The maximum atomic E-state index is 4.01. The van der Waals surface area contributed by atoms with Crippen molar-refractivity contribution in [2.24, 2.45) is 0 Å². The first-order valence-electron chi connectivity index (χ1n) is 8.54. The van der Waals surface area contributed by atoms with Gasteiger partial charge in [-0.1, -0.05) is 64.8 Å². The summed E-state index contributed by atoms with van der Waals surface area (Å²) in [6.07, 6.45) is 13.5. The van der Waals surface area contributed by atoms with E-state index in [0.29, 0.717) is 0 Å². The van der Waals surface area contributed by atoms with Crippen molar-refractivity contribution in [3.05, 3.63) is 41.0 Å². The molecule has 0 aromatic heterocycles. The average Bonchev–Trinajstić information content (AvgIpc) is 2.48. The Kier molecular flexibility index (Phi) is 12.2. The van der Waals surface area contributed by atoms with Gasteiger partial charge in [0.25, 0.3) is 0 Å². The summed E-state index contributed by atoms with van der Waals surface area (Å²) in [6.45, 7) is 10.9. The molecule has 0 nitrogen and oxygen atoms in total. The maximum Gasteiger partial charge on any atom is 0 e. The second kappa shape index (κ2) is 12.3. The average molecular weight is 391 g/mol. The van der Waals surface area contributed by atoms with Crippen LogP contribution < -0.4 is 0 Å². The van der Waals surface area contributed by atoms with Gasteiger partial charge in [-0.3, -0.25) is 0 Å². The second-order valence-corrected chi connectivity index (χ2v) is 5.79. The summed E-state index contributed by atoms with van der Waals surface area (Å²) in [5, 5.41) is 0. The van der Waals surface area contributed by atoms with E-state index in [0.717, 1.165) is 0 Å². The van der Waals surface area contributed by atoms with Crippen molar-refractivity contribution in [1.82, 2.24) is 0 Å². The molecule has 1 rings (SSSR count). The number of aryl methyl sites for hydroxylation is 1. The zero-order valence-electron chi connectivity index (χ0n) is 14.3. The van der Waals surface area contributed by atoms with Crippen LogP contribution in [0.25, 0.3) is 6.08 Å². The monoisotopic (exact) mass is 392 g/mol. The molecule has 0 aliphatic heterocycles. The fourth-order valence-corrected chi connectivity index (χ4v) is 2.87. The van der Waals surface area contributed by atoms with Gasteiger partial charge in [-0.2, -0.15) is 0 Å². The Hall–Kier alpha value is -0.241. The Balaban J connectivity index is 0.00000400. The number of unbranched alkanes of at least 4 members (excludes halogenated alkanes) is 3. The molecular formula is C20H32Sn. The van der Waals surface area contributed by atoms with Crippen LogP contribution in [-0.2, 0) is 19.3 Å². The van der Waals surface area contributed by atoms with Gasteiger partial charge in [-0.05, 0) is 60.8 Å². The van der Waals surface area contributed by atoms with Crippen LogP contribution in [0, 0.1) is 0 Å². The molecule has 0 spiro atoms. The van der Waals surface area contributed by atoms with Gasteiger partial charge in [0.15, 0.2) is 0 Å². The van der Waals surface area contributed by atoms with Crippen molar-refractivity contribution in [1.29, 1.82) is 0 Å². The largest absolute Gasteiger partial charge is 0.0985 e. The molecule has 4 radical (unpaired) electrons. The summed E-state index contributed by atoms with van der Waals surface area (Å²) >= 11 is 0. The molecule has 1 heteroatoms. The summed E-state index contributed by atoms with van der Waals surface area (Å²) in [4.78, 5) is 0. The Labute approximate surface area is 149 Å². The number of rotatable bonds is 10. The van der Waals surface area contributed by atoms with Gasteiger partial charge < -0.3 is 0 Å². The Morgan fingerprint density at radius 3 is 1.86 bits per heavy atom. The standard InChI is InChI=1S/C20H32.Sn/c1-5-9-12-18-16-15-17(8-4)19(13-10-6-2)20(18)14-11-7-3;/h8,15-16H,4-7,9-14H2,1-3H3;. The van der Waals surface area contributed by atoms with E-state index < -0.39 is 0 Å². The van der Waals surface area contributed by atoms with E-state index in [1.807, 2.05) is 6.08 Å². The van der Waals surface area contributed by atoms with Crippen molar-refractivity contribution in [3.63, 3.8) is 0 Å². The number of benzene rings is 1. The Bertz CT molecular complexity index is 407. The van der Waals surface area contributed by atoms with Crippen molar-refractivity contribution in [3.8, 4) is 0 Å². The smallest absolute Gasteiger partial charge is 0 e. The molecule has 0 N–H and O–H groups in total. The van der Waals surface area contributed by atoms with Crippen LogP contribution >= 0.6 is 0 Å². The zero-order valence-corrected chi connectivity index (χ0v) is 17.2. The number of hydrogen-bond acceptors (Lipinski definition) is 0. The van der Waals surface area contributed by atoms with E-state index in [1.165, 1.54) is 63.4 Å². The van der Waals surface area contributed by atoms with E-state index >= 15 is 0 Å². The topological polar surface area (TPSA) is 0 Å². The second-order valence-electron chi connectivity index (χ2n) is 5.79. The summed E-state index contributed by atoms with van der Waals surface area (Å²) in [5.41, 5.74) is 6.19. The summed E-state index contributed by atoms with van der Waals surface area (Å²) in [7, 11) is 0. The predicted octanol–water partition coefficient (Wildman–Crippen LogP) is 5.98. The van der Waals surface area contributed by atoms with Crippen LogP contribution in [0.5, 0.6) is 0 Å². The molecule has 0 aliphatic rings. The van der Waals surface area contributed by atoms with Crippen LogP contribution in [-0.4, -0.2) is 23.9 Å². The zero-order chi connectivity index (χ0) is 14.8. The fraction of sp³-hybridized carbons (Fsp3) is 0.600.